The van der Waals surface area contributed by atoms with E-state index in [1.54, 1.807) is 0 Å². The van der Waals surface area contributed by atoms with Gasteiger partial charge in [-0.15, -0.1) is 0 Å². The molecule has 0 radical (unpaired) electrons. The summed E-state index contributed by atoms with van der Waals surface area (Å²) in [5.41, 5.74) is 0. The fraction of sp³-hybridized carbons (Fsp3) is 1.00. The van der Waals surface area contributed by atoms with Crippen LogP contribution in [-0.2, 0) is 18.3 Å². The summed E-state index contributed by atoms with van der Waals surface area (Å²) in [6, 6.07) is 0. The fourth-order valence-corrected chi connectivity index (χ4v) is 1.97. The molecule has 0 aromatic rings. The second kappa shape index (κ2) is 6.55. The van der Waals surface area contributed by atoms with Crippen LogP contribution in [0.4, 0.5) is 0 Å². The van der Waals surface area contributed by atoms with Gasteiger partial charge in [-0.05, 0) is 0 Å². The summed E-state index contributed by atoms with van der Waals surface area (Å²) in [6.45, 7) is -0.751. The molecule has 10 nitrogen and oxygen atoms in total. The maximum Gasteiger partial charge on any atom is 0.472 e. The largest absolute Gasteiger partial charge is 0.472 e. The first-order chi connectivity index (χ1) is 8.69. The number of ether oxygens (including phenoxy) is 1. The normalized spacial score (nSPS) is 40.7. The Hall–Kier alpha value is -0.130. The van der Waals surface area contributed by atoms with Crippen LogP contribution in [0.3, 0.4) is 0 Å². The van der Waals surface area contributed by atoms with Gasteiger partial charge in [0.25, 0.3) is 0 Å². The van der Waals surface area contributed by atoms with E-state index in [0.29, 0.717) is 0 Å². The Morgan fingerprint density at radius 1 is 1.21 bits per heavy atom. The van der Waals surface area contributed by atoms with Crippen molar-refractivity contribution in [3.8, 4) is 0 Å². The first-order valence-corrected chi connectivity index (χ1v) is 6.78. The Morgan fingerprint density at radius 2 is 1.79 bits per heavy atom. The number of rotatable bonds is 5. The van der Waals surface area contributed by atoms with Crippen LogP contribution in [0, 0.1) is 0 Å². The van der Waals surface area contributed by atoms with Crippen molar-refractivity contribution in [2.24, 2.45) is 0 Å². The Morgan fingerprint density at radius 3 is 2.32 bits per heavy atom. The van der Waals surface area contributed by atoms with Gasteiger partial charge in [0.2, 0.25) is 0 Å². The van der Waals surface area contributed by atoms with E-state index >= 15 is 0 Å². The summed E-state index contributed by atoms with van der Waals surface area (Å²) in [5.74, 6) is 0. The molecule has 114 valence electrons. The Bertz CT molecular complexity index is 337. The zero-order valence-electron chi connectivity index (χ0n) is 9.93. The molecule has 0 aromatic carbocycles. The lowest BCUT2D eigenvalue weighted by molar-refractivity contribution is -0.298. The van der Waals surface area contributed by atoms with E-state index in [4.69, 9.17) is 9.63 Å². The molecule has 0 saturated carbocycles. The predicted molar refractivity (Wildman–Crippen MR) is 57.7 cm³/mol. The van der Waals surface area contributed by atoms with Crippen molar-refractivity contribution in [3.63, 3.8) is 0 Å². The highest BCUT2D eigenvalue weighted by Crippen LogP contribution is 2.42. The van der Waals surface area contributed by atoms with Gasteiger partial charge >= 0.3 is 7.82 Å². The minimum Gasteiger partial charge on any atom is -0.388 e. The van der Waals surface area contributed by atoms with Gasteiger partial charge in [-0.2, -0.15) is 0 Å². The van der Waals surface area contributed by atoms with Gasteiger partial charge < -0.3 is 35.2 Å². The average Bonchev–Trinajstić information content (AvgIpc) is 2.38. The number of phosphoric ester groups is 1. The van der Waals surface area contributed by atoms with Crippen molar-refractivity contribution < 1.29 is 48.8 Å². The molecule has 0 aromatic heterocycles. The summed E-state index contributed by atoms with van der Waals surface area (Å²) < 4.78 is 24.1. The second-order valence-electron chi connectivity index (χ2n) is 3.98. The zero-order chi connectivity index (χ0) is 14.8. The van der Waals surface area contributed by atoms with E-state index in [1.807, 2.05) is 0 Å². The number of hydrogen-bond donors (Lipinski definition) is 6. The zero-order valence-corrected chi connectivity index (χ0v) is 10.8. The van der Waals surface area contributed by atoms with Gasteiger partial charge in [-0.3, -0.25) is 9.05 Å². The van der Waals surface area contributed by atoms with Gasteiger partial charge in [0.05, 0.1) is 6.61 Å². The monoisotopic (exact) mass is 304 g/mol. The minimum absolute atomic E-state index is 0.751. The summed E-state index contributed by atoms with van der Waals surface area (Å²) in [7, 11) is -3.39. The third-order valence-corrected chi connectivity index (χ3v) is 3.58. The minimum atomic E-state index is -4.31. The molecule has 0 bridgehead atoms. The van der Waals surface area contributed by atoms with E-state index in [9.17, 15) is 30.1 Å². The molecule has 1 aliphatic heterocycles. The van der Waals surface area contributed by atoms with Crippen molar-refractivity contribution >= 4 is 7.82 Å². The lowest BCUT2D eigenvalue weighted by Gasteiger charge is -2.40. The van der Waals surface area contributed by atoms with Crippen molar-refractivity contribution in [1.29, 1.82) is 0 Å². The highest BCUT2D eigenvalue weighted by Gasteiger charge is 2.46. The highest BCUT2D eigenvalue weighted by atomic mass is 31.2. The van der Waals surface area contributed by atoms with Gasteiger partial charge in [-0.25, -0.2) is 4.57 Å². The standard InChI is InChI=1S/C8H17O10P/c1-16-19(14,15)17-2-3(9)7-5(11)4(10)6(12)8(13)18-7/h3-13H,2H2,1H3,(H,14,15)/t3-,4-,5-,6-,7+,8-/m0/s1. The predicted octanol–water partition coefficient (Wildman–Crippen LogP) is -3.09. The maximum absolute atomic E-state index is 11.0. The lowest BCUT2D eigenvalue weighted by Crippen LogP contribution is -2.61. The van der Waals surface area contributed by atoms with Gasteiger partial charge in [0, 0.05) is 7.11 Å². The van der Waals surface area contributed by atoms with Crippen LogP contribution >= 0.6 is 7.82 Å². The molecule has 1 rings (SSSR count). The molecule has 1 saturated heterocycles. The van der Waals surface area contributed by atoms with E-state index in [1.165, 1.54) is 0 Å². The number of aliphatic hydroxyl groups excluding tert-OH is 5. The number of phosphoric acid groups is 1. The van der Waals surface area contributed by atoms with Crippen LogP contribution in [0.2, 0.25) is 0 Å². The molecule has 0 spiro atoms. The average molecular weight is 304 g/mol. The quantitative estimate of drug-likeness (QED) is 0.286. The molecule has 1 fully saturated rings. The molecule has 0 amide bonds. The Balaban J connectivity index is 2.61. The topological polar surface area (TPSA) is 166 Å². The van der Waals surface area contributed by atoms with Crippen LogP contribution in [0.5, 0.6) is 0 Å². The second-order valence-corrected chi connectivity index (χ2v) is 5.54. The summed E-state index contributed by atoms with van der Waals surface area (Å²) in [5, 5.41) is 47.0. The summed E-state index contributed by atoms with van der Waals surface area (Å²) in [6.07, 6.45) is -10.2. The van der Waals surface area contributed by atoms with Crippen molar-refractivity contribution in [2.45, 2.75) is 36.8 Å². The third-order valence-electron chi connectivity index (χ3n) is 2.64. The lowest BCUT2D eigenvalue weighted by atomic mass is 9.96. The third kappa shape index (κ3) is 4.17. The molecule has 11 heteroatoms. The summed E-state index contributed by atoms with van der Waals surface area (Å²) in [4.78, 5) is 8.94. The van der Waals surface area contributed by atoms with Gasteiger partial charge in [0.15, 0.2) is 6.29 Å². The van der Waals surface area contributed by atoms with E-state index < -0.39 is 51.2 Å². The molecule has 1 unspecified atom stereocenters. The number of aliphatic hydroxyl groups is 5. The molecule has 1 heterocycles. The molecular weight excluding hydrogens is 287 g/mol. The van der Waals surface area contributed by atoms with Crippen LogP contribution in [-0.4, -0.2) is 81.0 Å². The van der Waals surface area contributed by atoms with Crippen LogP contribution in [0.25, 0.3) is 0 Å². The smallest absolute Gasteiger partial charge is 0.388 e. The molecule has 19 heavy (non-hydrogen) atoms. The Labute approximate surface area is 108 Å². The van der Waals surface area contributed by atoms with Crippen molar-refractivity contribution in [3.05, 3.63) is 0 Å². The maximum atomic E-state index is 11.0. The Kier molecular flexibility index (Phi) is 5.83. The summed E-state index contributed by atoms with van der Waals surface area (Å²) >= 11 is 0. The van der Waals surface area contributed by atoms with Gasteiger partial charge in [-0.1, -0.05) is 0 Å². The fourth-order valence-electron chi connectivity index (χ4n) is 1.52. The SMILES string of the molecule is COP(=O)(O)OC[C@H](O)[C@H]1O[C@H](O)[C@@H](O)[C@@H](O)[C@@H]1O. The molecule has 7 atom stereocenters. The highest BCUT2D eigenvalue weighted by molar-refractivity contribution is 7.47. The molecular formula is C8H17O10P. The van der Waals surface area contributed by atoms with Crippen molar-refractivity contribution in [1.82, 2.24) is 0 Å². The van der Waals surface area contributed by atoms with E-state index in [2.05, 4.69) is 9.05 Å². The van der Waals surface area contributed by atoms with Crippen LogP contribution < -0.4 is 0 Å². The first kappa shape index (κ1) is 16.9. The first-order valence-electron chi connectivity index (χ1n) is 5.28. The van der Waals surface area contributed by atoms with Crippen LogP contribution in [0.15, 0.2) is 0 Å². The molecule has 6 N–H and O–H groups in total. The number of hydrogen-bond acceptors (Lipinski definition) is 9. The van der Waals surface area contributed by atoms with E-state index in [0.717, 1.165) is 7.11 Å². The van der Waals surface area contributed by atoms with E-state index in [-0.39, 0.29) is 0 Å². The molecule has 1 aliphatic rings. The van der Waals surface area contributed by atoms with Crippen molar-refractivity contribution in [2.75, 3.05) is 13.7 Å². The van der Waals surface area contributed by atoms with Gasteiger partial charge in [0.1, 0.15) is 30.5 Å². The molecule has 0 aliphatic carbocycles. The van der Waals surface area contributed by atoms with Crippen LogP contribution in [0.1, 0.15) is 0 Å².